The van der Waals surface area contributed by atoms with Crippen molar-refractivity contribution in [1.82, 2.24) is 20.2 Å². The van der Waals surface area contributed by atoms with Crippen LogP contribution in [0.5, 0.6) is 0 Å². The Morgan fingerprint density at radius 3 is 2.48 bits per heavy atom. The third-order valence-electron chi connectivity index (χ3n) is 3.05. The number of H-pyrrole nitrogens is 1. The van der Waals surface area contributed by atoms with Gasteiger partial charge in [0.2, 0.25) is 5.95 Å². The van der Waals surface area contributed by atoms with Gasteiger partial charge < -0.3 is 4.90 Å². The molecule has 0 aliphatic heterocycles. The van der Waals surface area contributed by atoms with Crippen LogP contribution in [0.1, 0.15) is 0 Å². The summed E-state index contributed by atoms with van der Waals surface area (Å²) in [5, 5.41) is 7.38. The molecule has 1 aromatic carbocycles. The van der Waals surface area contributed by atoms with Crippen LogP contribution in [-0.4, -0.2) is 34.3 Å². The summed E-state index contributed by atoms with van der Waals surface area (Å²) in [6.07, 6.45) is 3.56. The van der Waals surface area contributed by atoms with Crippen LogP contribution in [0, 0.1) is 0 Å². The molecule has 21 heavy (non-hydrogen) atoms. The summed E-state index contributed by atoms with van der Waals surface area (Å²) >= 11 is 3.47. The zero-order chi connectivity index (χ0) is 14.8. The predicted molar refractivity (Wildman–Crippen MR) is 87.1 cm³/mol. The lowest BCUT2D eigenvalue weighted by molar-refractivity contribution is 0.997. The monoisotopic (exact) mass is 343 g/mol. The fraction of sp³-hybridized carbons (Fsp3) is 0.133. The molecule has 0 atom stereocenters. The maximum absolute atomic E-state index is 4.33. The van der Waals surface area contributed by atoms with E-state index in [1.54, 1.807) is 12.4 Å². The number of aromatic amines is 1. The topological polar surface area (TPSA) is 57.7 Å². The summed E-state index contributed by atoms with van der Waals surface area (Å²) in [4.78, 5) is 10.5. The van der Waals surface area contributed by atoms with Gasteiger partial charge in [-0.05, 0) is 18.2 Å². The van der Waals surface area contributed by atoms with Crippen molar-refractivity contribution in [2.75, 3.05) is 19.0 Å². The van der Waals surface area contributed by atoms with E-state index < -0.39 is 0 Å². The summed E-state index contributed by atoms with van der Waals surface area (Å²) < 4.78 is 1.04. The molecular weight excluding hydrogens is 330 g/mol. The third kappa shape index (κ3) is 2.95. The van der Waals surface area contributed by atoms with Crippen LogP contribution in [0.4, 0.5) is 5.95 Å². The summed E-state index contributed by atoms with van der Waals surface area (Å²) in [6, 6.07) is 10.1. The minimum Gasteiger partial charge on any atom is -0.347 e. The first-order chi connectivity index (χ1) is 10.1. The Bertz CT molecular complexity index is 749. The largest absolute Gasteiger partial charge is 0.347 e. The number of rotatable bonds is 3. The fourth-order valence-electron chi connectivity index (χ4n) is 1.96. The first-order valence-electron chi connectivity index (χ1n) is 6.44. The number of nitrogens with zero attached hydrogens (tertiary/aromatic N) is 4. The van der Waals surface area contributed by atoms with Crippen molar-refractivity contribution >= 4 is 21.9 Å². The number of hydrogen-bond acceptors (Lipinski definition) is 4. The van der Waals surface area contributed by atoms with E-state index in [0.29, 0.717) is 5.95 Å². The van der Waals surface area contributed by atoms with Crippen molar-refractivity contribution in [3.05, 3.63) is 47.2 Å². The third-order valence-corrected chi connectivity index (χ3v) is 3.54. The molecule has 2 aromatic heterocycles. The van der Waals surface area contributed by atoms with E-state index in [-0.39, 0.29) is 0 Å². The minimum atomic E-state index is 0.682. The second-order valence-corrected chi connectivity index (χ2v) is 5.76. The lowest BCUT2D eigenvalue weighted by Crippen LogP contribution is -2.12. The standard InChI is InChI=1S/C15H14BrN5/c1-21(2)15-17-8-11(9-18-15)14-7-13(19-20-14)10-4-3-5-12(16)6-10/h3-9H,1-2H3,(H,19,20). The lowest BCUT2D eigenvalue weighted by Gasteiger charge is -2.08. The van der Waals surface area contributed by atoms with Crippen molar-refractivity contribution in [3.8, 4) is 22.5 Å². The Labute approximate surface area is 131 Å². The molecule has 0 bridgehead atoms. The highest BCUT2D eigenvalue weighted by molar-refractivity contribution is 9.10. The van der Waals surface area contributed by atoms with Gasteiger partial charge >= 0.3 is 0 Å². The Morgan fingerprint density at radius 2 is 1.81 bits per heavy atom. The zero-order valence-electron chi connectivity index (χ0n) is 11.7. The van der Waals surface area contributed by atoms with Gasteiger partial charge in [0.15, 0.2) is 0 Å². The van der Waals surface area contributed by atoms with Crippen LogP contribution in [-0.2, 0) is 0 Å². The molecule has 2 heterocycles. The number of aromatic nitrogens is 4. The molecule has 0 spiro atoms. The Morgan fingerprint density at radius 1 is 1.05 bits per heavy atom. The van der Waals surface area contributed by atoms with Gasteiger partial charge in [-0.15, -0.1) is 0 Å². The SMILES string of the molecule is CN(C)c1ncc(-c2cc(-c3cccc(Br)c3)[nH]n2)cn1. The molecule has 5 nitrogen and oxygen atoms in total. The quantitative estimate of drug-likeness (QED) is 0.792. The molecule has 6 heteroatoms. The Hall–Kier alpha value is -2.21. The van der Waals surface area contributed by atoms with Crippen LogP contribution < -0.4 is 4.90 Å². The van der Waals surface area contributed by atoms with E-state index in [1.165, 1.54) is 0 Å². The van der Waals surface area contributed by atoms with E-state index in [2.05, 4.69) is 36.1 Å². The molecule has 0 aliphatic rings. The summed E-state index contributed by atoms with van der Waals surface area (Å²) in [5.41, 5.74) is 3.75. The molecule has 106 valence electrons. The van der Waals surface area contributed by atoms with Gasteiger partial charge in [0.1, 0.15) is 0 Å². The maximum atomic E-state index is 4.33. The zero-order valence-corrected chi connectivity index (χ0v) is 13.3. The van der Waals surface area contributed by atoms with E-state index in [1.807, 2.05) is 49.3 Å². The molecule has 3 aromatic rings. The number of halogens is 1. The van der Waals surface area contributed by atoms with Crippen LogP contribution >= 0.6 is 15.9 Å². The first kappa shape index (κ1) is 13.8. The van der Waals surface area contributed by atoms with Crippen LogP contribution in [0.2, 0.25) is 0 Å². The molecule has 0 saturated carbocycles. The number of nitrogens with one attached hydrogen (secondary N) is 1. The van der Waals surface area contributed by atoms with Gasteiger partial charge in [-0.3, -0.25) is 5.10 Å². The molecule has 1 N–H and O–H groups in total. The number of hydrogen-bond donors (Lipinski definition) is 1. The van der Waals surface area contributed by atoms with Gasteiger partial charge in [-0.2, -0.15) is 5.10 Å². The molecule has 3 rings (SSSR count). The van der Waals surface area contributed by atoms with Gasteiger partial charge in [0, 0.05) is 42.1 Å². The second-order valence-electron chi connectivity index (χ2n) is 4.84. The second kappa shape index (κ2) is 5.65. The van der Waals surface area contributed by atoms with Crippen molar-refractivity contribution in [2.24, 2.45) is 0 Å². The fourth-order valence-corrected chi connectivity index (χ4v) is 2.36. The van der Waals surface area contributed by atoms with E-state index in [0.717, 1.165) is 27.0 Å². The van der Waals surface area contributed by atoms with Gasteiger partial charge in [0.25, 0.3) is 0 Å². The molecule has 0 unspecified atom stereocenters. The highest BCUT2D eigenvalue weighted by Crippen LogP contribution is 2.25. The van der Waals surface area contributed by atoms with E-state index >= 15 is 0 Å². The van der Waals surface area contributed by atoms with Crippen LogP contribution in [0.25, 0.3) is 22.5 Å². The Balaban J connectivity index is 1.91. The maximum Gasteiger partial charge on any atom is 0.224 e. The average Bonchev–Trinajstić information content (AvgIpc) is 2.97. The van der Waals surface area contributed by atoms with Crippen LogP contribution in [0.15, 0.2) is 47.2 Å². The molecule has 0 aliphatic carbocycles. The Kier molecular flexibility index (Phi) is 3.70. The molecule has 0 radical (unpaired) electrons. The summed E-state index contributed by atoms with van der Waals surface area (Å²) in [7, 11) is 3.82. The lowest BCUT2D eigenvalue weighted by atomic mass is 10.1. The first-order valence-corrected chi connectivity index (χ1v) is 7.24. The van der Waals surface area contributed by atoms with Gasteiger partial charge in [0.05, 0.1) is 11.4 Å². The molecular formula is C15H14BrN5. The average molecular weight is 344 g/mol. The van der Waals surface area contributed by atoms with Crippen molar-refractivity contribution < 1.29 is 0 Å². The normalized spacial score (nSPS) is 10.6. The van der Waals surface area contributed by atoms with Crippen molar-refractivity contribution in [3.63, 3.8) is 0 Å². The molecule has 0 fully saturated rings. The van der Waals surface area contributed by atoms with Crippen molar-refractivity contribution in [2.45, 2.75) is 0 Å². The van der Waals surface area contributed by atoms with Crippen molar-refractivity contribution in [1.29, 1.82) is 0 Å². The smallest absolute Gasteiger partial charge is 0.224 e. The molecule has 0 saturated heterocycles. The van der Waals surface area contributed by atoms with Gasteiger partial charge in [-0.25, -0.2) is 9.97 Å². The molecule has 0 amide bonds. The van der Waals surface area contributed by atoms with E-state index in [4.69, 9.17) is 0 Å². The van der Waals surface area contributed by atoms with Gasteiger partial charge in [-0.1, -0.05) is 28.1 Å². The summed E-state index contributed by atoms with van der Waals surface area (Å²) in [5.74, 6) is 0.682. The minimum absolute atomic E-state index is 0.682. The van der Waals surface area contributed by atoms with Crippen LogP contribution in [0.3, 0.4) is 0 Å². The van der Waals surface area contributed by atoms with E-state index in [9.17, 15) is 0 Å². The number of benzene rings is 1. The highest BCUT2D eigenvalue weighted by atomic mass is 79.9. The predicted octanol–water partition coefficient (Wildman–Crippen LogP) is 3.36. The summed E-state index contributed by atoms with van der Waals surface area (Å²) in [6.45, 7) is 0. The highest BCUT2D eigenvalue weighted by Gasteiger charge is 2.08. The number of anilines is 1.